The topological polar surface area (TPSA) is 83.6 Å². The minimum Gasteiger partial charge on any atom is -0.342 e. The Labute approximate surface area is 113 Å². The summed E-state index contributed by atoms with van der Waals surface area (Å²) >= 11 is 0. The summed E-state index contributed by atoms with van der Waals surface area (Å²) in [6.45, 7) is 3.85. The zero-order chi connectivity index (χ0) is 14.3. The van der Waals surface area contributed by atoms with Gasteiger partial charge in [0.05, 0.1) is 11.5 Å². The molecule has 0 bridgehead atoms. The Morgan fingerprint density at radius 2 is 2.11 bits per heavy atom. The summed E-state index contributed by atoms with van der Waals surface area (Å²) in [6, 6.07) is -0.281. The van der Waals surface area contributed by atoms with Gasteiger partial charge in [0.1, 0.15) is 5.54 Å². The van der Waals surface area contributed by atoms with Crippen molar-refractivity contribution in [2.75, 3.05) is 18.1 Å². The lowest BCUT2D eigenvalue weighted by Gasteiger charge is -2.34. The van der Waals surface area contributed by atoms with Crippen molar-refractivity contribution in [2.45, 2.75) is 44.7 Å². The predicted molar refractivity (Wildman–Crippen MR) is 70.2 cm³/mol. The van der Waals surface area contributed by atoms with Crippen LogP contribution in [-0.2, 0) is 19.4 Å². The lowest BCUT2D eigenvalue weighted by atomic mass is 9.96. The first-order valence-corrected chi connectivity index (χ1v) is 8.42. The molecule has 0 aromatic carbocycles. The van der Waals surface area contributed by atoms with E-state index in [2.05, 4.69) is 5.32 Å². The highest BCUT2D eigenvalue weighted by Gasteiger charge is 2.44. The SMILES string of the molecule is CCC1(C)NC(=O)CCN(C2CCS(=O)(=O)C2)C1=O. The second kappa shape index (κ2) is 4.77. The molecule has 2 fully saturated rings. The van der Waals surface area contributed by atoms with Gasteiger partial charge in [-0.05, 0) is 19.8 Å². The molecule has 7 heteroatoms. The monoisotopic (exact) mass is 288 g/mol. The fourth-order valence-electron chi connectivity index (χ4n) is 2.67. The van der Waals surface area contributed by atoms with Gasteiger partial charge in [-0.3, -0.25) is 9.59 Å². The minimum atomic E-state index is -3.04. The van der Waals surface area contributed by atoms with Gasteiger partial charge in [-0.1, -0.05) is 6.92 Å². The molecule has 0 radical (unpaired) electrons. The molecule has 19 heavy (non-hydrogen) atoms. The Kier molecular flexibility index (Phi) is 3.59. The Hall–Kier alpha value is -1.11. The third-order valence-corrected chi connectivity index (χ3v) is 5.83. The van der Waals surface area contributed by atoms with Crippen molar-refractivity contribution >= 4 is 21.7 Å². The normalized spacial score (nSPS) is 35.1. The smallest absolute Gasteiger partial charge is 0.248 e. The molecular weight excluding hydrogens is 268 g/mol. The van der Waals surface area contributed by atoms with Gasteiger partial charge in [0.2, 0.25) is 11.8 Å². The molecule has 2 aliphatic heterocycles. The molecular formula is C12H20N2O4S. The van der Waals surface area contributed by atoms with Crippen LogP contribution in [0.25, 0.3) is 0 Å². The maximum Gasteiger partial charge on any atom is 0.248 e. The molecule has 2 amide bonds. The van der Waals surface area contributed by atoms with Crippen molar-refractivity contribution in [3.05, 3.63) is 0 Å². The number of hydrogen-bond acceptors (Lipinski definition) is 4. The van der Waals surface area contributed by atoms with Crippen LogP contribution in [0, 0.1) is 0 Å². The largest absolute Gasteiger partial charge is 0.342 e. The van der Waals surface area contributed by atoms with Gasteiger partial charge in [0, 0.05) is 19.0 Å². The zero-order valence-corrected chi connectivity index (χ0v) is 12.1. The summed E-state index contributed by atoms with van der Waals surface area (Å²) in [5.74, 6) is -0.165. The molecule has 0 spiro atoms. The zero-order valence-electron chi connectivity index (χ0n) is 11.3. The highest BCUT2D eigenvalue weighted by molar-refractivity contribution is 7.91. The fourth-order valence-corrected chi connectivity index (χ4v) is 4.40. The van der Waals surface area contributed by atoms with Crippen LogP contribution in [0.5, 0.6) is 0 Å². The Balaban J connectivity index is 2.25. The molecule has 2 atom stereocenters. The summed E-state index contributed by atoms with van der Waals surface area (Å²) < 4.78 is 23.1. The molecule has 1 N–H and O–H groups in total. The second-order valence-corrected chi connectivity index (χ2v) is 7.77. The molecule has 2 rings (SSSR count). The summed E-state index contributed by atoms with van der Waals surface area (Å²) in [4.78, 5) is 25.8. The van der Waals surface area contributed by atoms with E-state index < -0.39 is 15.4 Å². The van der Waals surface area contributed by atoms with Crippen LogP contribution in [0.15, 0.2) is 0 Å². The molecule has 2 unspecified atom stereocenters. The van der Waals surface area contributed by atoms with E-state index in [1.54, 1.807) is 11.8 Å². The van der Waals surface area contributed by atoms with E-state index in [1.165, 1.54) is 0 Å². The van der Waals surface area contributed by atoms with Crippen LogP contribution in [0.3, 0.4) is 0 Å². The fraction of sp³-hybridized carbons (Fsp3) is 0.833. The van der Waals surface area contributed by atoms with Crippen molar-refractivity contribution in [1.82, 2.24) is 10.2 Å². The minimum absolute atomic E-state index is 0.0206. The standard InChI is InChI=1S/C12H20N2O4S/c1-3-12(2)11(16)14(6-4-10(15)13-12)9-5-7-19(17,18)8-9/h9H,3-8H2,1-2H3,(H,13,15). The van der Waals surface area contributed by atoms with Crippen molar-refractivity contribution in [3.8, 4) is 0 Å². The van der Waals surface area contributed by atoms with Crippen LogP contribution in [0.2, 0.25) is 0 Å². The summed E-state index contributed by atoms with van der Waals surface area (Å²) in [5.41, 5.74) is -0.917. The van der Waals surface area contributed by atoms with Crippen molar-refractivity contribution in [2.24, 2.45) is 0 Å². The van der Waals surface area contributed by atoms with Crippen LogP contribution in [-0.4, -0.2) is 54.8 Å². The molecule has 108 valence electrons. The van der Waals surface area contributed by atoms with E-state index in [-0.39, 0.29) is 35.8 Å². The lowest BCUT2D eigenvalue weighted by molar-refractivity contribution is -0.139. The van der Waals surface area contributed by atoms with E-state index in [1.807, 2.05) is 6.92 Å². The maximum absolute atomic E-state index is 12.6. The number of nitrogens with one attached hydrogen (secondary N) is 1. The molecule has 2 aliphatic rings. The number of amides is 2. The van der Waals surface area contributed by atoms with Gasteiger partial charge in [0.25, 0.3) is 0 Å². The number of carbonyl (C=O) groups is 2. The van der Waals surface area contributed by atoms with Crippen LogP contribution in [0.1, 0.15) is 33.1 Å². The first-order chi connectivity index (χ1) is 8.77. The van der Waals surface area contributed by atoms with Gasteiger partial charge < -0.3 is 10.2 Å². The Morgan fingerprint density at radius 1 is 1.42 bits per heavy atom. The predicted octanol–water partition coefficient (Wildman–Crippen LogP) is -0.309. The summed E-state index contributed by atoms with van der Waals surface area (Å²) in [5, 5.41) is 2.75. The van der Waals surface area contributed by atoms with E-state index >= 15 is 0 Å². The third-order valence-electron chi connectivity index (χ3n) is 4.08. The Bertz CT molecular complexity index is 502. The molecule has 0 aromatic rings. The highest BCUT2D eigenvalue weighted by Crippen LogP contribution is 2.24. The molecule has 0 saturated carbocycles. The van der Waals surface area contributed by atoms with Crippen LogP contribution >= 0.6 is 0 Å². The molecule has 0 aliphatic carbocycles. The van der Waals surface area contributed by atoms with Gasteiger partial charge in [-0.2, -0.15) is 0 Å². The van der Waals surface area contributed by atoms with Gasteiger partial charge in [0.15, 0.2) is 9.84 Å². The van der Waals surface area contributed by atoms with Crippen molar-refractivity contribution < 1.29 is 18.0 Å². The first-order valence-electron chi connectivity index (χ1n) is 6.60. The van der Waals surface area contributed by atoms with Gasteiger partial charge in [-0.15, -0.1) is 0 Å². The van der Waals surface area contributed by atoms with E-state index in [4.69, 9.17) is 0 Å². The molecule has 2 saturated heterocycles. The van der Waals surface area contributed by atoms with E-state index in [0.29, 0.717) is 19.4 Å². The Morgan fingerprint density at radius 3 is 2.63 bits per heavy atom. The van der Waals surface area contributed by atoms with Gasteiger partial charge in [-0.25, -0.2) is 8.42 Å². The number of sulfone groups is 1. The number of carbonyl (C=O) groups excluding carboxylic acids is 2. The second-order valence-electron chi connectivity index (χ2n) is 5.54. The molecule has 0 aromatic heterocycles. The molecule has 6 nitrogen and oxygen atoms in total. The van der Waals surface area contributed by atoms with Crippen LogP contribution in [0.4, 0.5) is 0 Å². The van der Waals surface area contributed by atoms with Crippen molar-refractivity contribution in [3.63, 3.8) is 0 Å². The number of hydrogen-bond donors (Lipinski definition) is 1. The third kappa shape index (κ3) is 2.75. The average Bonchev–Trinajstić information content (AvgIpc) is 2.63. The first kappa shape index (κ1) is 14.3. The molecule has 2 heterocycles. The summed E-state index contributed by atoms with van der Waals surface area (Å²) in [6.07, 6.45) is 1.20. The summed E-state index contributed by atoms with van der Waals surface area (Å²) in [7, 11) is -3.04. The van der Waals surface area contributed by atoms with Gasteiger partial charge >= 0.3 is 0 Å². The lowest BCUT2D eigenvalue weighted by Crippen LogP contribution is -2.56. The van der Waals surface area contributed by atoms with E-state index in [9.17, 15) is 18.0 Å². The average molecular weight is 288 g/mol. The highest BCUT2D eigenvalue weighted by atomic mass is 32.2. The van der Waals surface area contributed by atoms with Crippen LogP contribution < -0.4 is 5.32 Å². The number of nitrogens with zero attached hydrogens (tertiary/aromatic N) is 1. The maximum atomic E-state index is 12.6. The van der Waals surface area contributed by atoms with E-state index in [0.717, 1.165) is 0 Å². The quantitative estimate of drug-likeness (QED) is 0.755. The van der Waals surface area contributed by atoms with Crippen molar-refractivity contribution in [1.29, 1.82) is 0 Å². The number of rotatable bonds is 2.